The molecule has 0 bridgehead atoms. The van der Waals surface area contributed by atoms with Gasteiger partial charge >= 0.3 is 0 Å². The predicted molar refractivity (Wildman–Crippen MR) is 110 cm³/mol. The Morgan fingerprint density at radius 3 is 1.86 bits per heavy atom. The molecule has 0 atom stereocenters. The second kappa shape index (κ2) is 13.8. The lowest BCUT2D eigenvalue weighted by Crippen LogP contribution is -2.25. The summed E-state index contributed by atoms with van der Waals surface area (Å²) in [6.07, 6.45) is 8.55. The largest absolute Gasteiger partial charge is 0.492 e. The molecule has 0 radical (unpaired) electrons. The number of amides is 1. The van der Waals surface area contributed by atoms with Crippen molar-refractivity contribution in [2.24, 2.45) is 0 Å². The highest BCUT2D eigenvalue weighted by atomic mass is 16.7. The zero-order valence-corrected chi connectivity index (χ0v) is 17.8. The van der Waals surface area contributed by atoms with Gasteiger partial charge in [-0.1, -0.05) is 52.4 Å². The Kier molecular flexibility index (Phi) is 11.8. The second-order valence-electron chi connectivity index (χ2n) is 6.76. The van der Waals surface area contributed by atoms with E-state index in [0.29, 0.717) is 35.8 Å². The normalized spacial score (nSPS) is 10.4. The molecule has 156 valence electrons. The lowest BCUT2D eigenvalue weighted by Gasteiger charge is -2.17. The number of benzene rings is 1. The average Bonchev–Trinajstić information content (AvgIpc) is 2.71. The van der Waals surface area contributed by atoms with Crippen molar-refractivity contribution in [3.05, 3.63) is 23.3 Å². The van der Waals surface area contributed by atoms with Crippen LogP contribution in [0.5, 0.6) is 11.5 Å². The van der Waals surface area contributed by atoms with Crippen LogP contribution in [0.4, 0.5) is 0 Å². The molecular formula is C22H34N2O4. The Morgan fingerprint density at radius 2 is 1.46 bits per heavy atom. The number of hydrogen-bond acceptors (Lipinski definition) is 5. The van der Waals surface area contributed by atoms with Gasteiger partial charge in [-0.15, -0.1) is 0 Å². The molecule has 0 N–H and O–H groups in total. The third-order valence-electron chi connectivity index (χ3n) is 4.50. The zero-order valence-electron chi connectivity index (χ0n) is 17.8. The molecule has 0 aliphatic carbocycles. The highest BCUT2D eigenvalue weighted by Gasteiger charge is 2.19. The summed E-state index contributed by atoms with van der Waals surface area (Å²) in [7, 11) is 2.97. The molecule has 0 unspecified atom stereocenters. The molecule has 6 heteroatoms. The van der Waals surface area contributed by atoms with Crippen LogP contribution in [0.3, 0.4) is 0 Å². The van der Waals surface area contributed by atoms with Gasteiger partial charge in [-0.05, 0) is 25.0 Å². The first kappa shape index (κ1) is 23.8. The van der Waals surface area contributed by atoms with Crippen molar-refractivity contribution in [2.45, 2.75) is 65.2 Å². The zero-order chi connectivity index (χ0) is 20.8. The van der Waals surface area contributed by atoms with Crippen LogP contribution in [0.25, 0.3) is 0 Å². The van der Waals surface area contributed by atoms with E-state index in [1.165, 1.54) is 14.2 Å². The van der Waals surface area contributed by atoms with E-state index in [2.05, 4.69) is 19.9 Å². The van der Waals surface area contributed by atoms with Gasteiger partial charge < -0.3 is 9.47 Å². The number of nitrogens with zero attached hydrogens (tertiary/aromatic N) is 2. The first-order valence-corrected chi connectivity index (χ1v) is 10.2. The van der Waals surface area contributed by atoms with Crippen molar-refractivity contribution in [3.8, 4) is 17.6 Å². The standard InChI is InChI=1S/C22H34N2O4/c1-5-7-9-11-13-27-20-15-18(22(25)24(3)26-4)16-21(19(20)17-23)28-14-12-10-8-6-2/h15-16H,5-14H2,1-4H3. The Morgan fingerprint density at radius 1 is 0.964 bits per heavy atom. The van der Waals surface area contributed by atoms with Crippen LogP contribution in [0.15, 0.2) is 12.1 Å². The van der Waals surface area contributed by atoms with Crippen molar-refractivity contribution in [1.29, 1.82) is 5.26 Å². The molecule has 0 aliphatic heterocycles. The lowest BCUT2D eigenvalue weighted by molar-refractivity contribution is -0.0757. The molecule has 1 rings (SSSR count). The van der Waals surface area contributed by atoms with Gasteiger partial charge in [0, 0.05) is 12.6 Å². The molecule has 1 amide bonds. The first-order chi connectivity index (χ1) is 13.6. The summed E-state index contributed by atoms with van der Waals surface area (Å²) in [5.74, 6) is 0.453. The summed E-state index contributed by atoms with van der Waals surface area (Å²) in [6.45, 7) is 5.31. The van der Waals surface area contributed by atoms with Gasteiger partial charge in [0.1, 0.15) is 23.1 Å². The number of carbonyl (C=O) groups is 1. The summed E-state index contributed by atoms with van der Waals surface area (Å²) >= 11 is 0. The summed E-state index contributed by atoms with van der Waals surface area (Å²) in [5, 5.41) is 10.8. The van der Waals surface area contributed by atoms with Crippen molar-refractivity contribution in [2.75, 3.05) is 27.4 Å². The number of hydrogen-bond donors (Lipinski definition) is 0. The van der Waals surface area contributed by atoms with E-state index < -0.39 is 0 Å². The van der Waals surface area contributed by atoms with Gasteiger partial charge in [-0.25, -0.2) is 5.06 Å². The van der Waals surface area contributed by atoms with Crippen LogP contribution in [-0.4, -0.2) is 38.3 Å². The maximum atomic E-state index is 12.5. The van der Waals surface area contributed by atoms with Gasteiger partial charge in [0.15, 0.2) is 0 Å². The molecule has 28 heavy (non-hydrogen) atoms. The van der Waals surface area contributed by atoms with E-state index >= 15 is 0 Å². The lowest BCUT2D eigenvalue weighted by atomic mass is 10.1. The maximum Gasteiger partial charge on any atom is 0.277 e. The fourth-order valence-electron chi connectivity index (χ4n) is 2.74. The summed E-state index contributed by atoms with van der Waals surface area (Å²) in [6, 6.07) is 5.37. The van der Waals surface area contributed by atoms with E-state index in [1.54, 1.807) is 12.1 Å². The van der Waals surface area contributed by atoms with Crippen LogP contribution in [0.1, 0.15) is 81.1 Å². The molecule has 0 saturated heterocycles. The number of hydroxylamine groups is 2. The molecule has 0 fully saturated rings. The van der Waals surface area contributed by atoms with Crippen molar-refractivity contribution in [3.63, 3.8) is 0 Å². The van der Waals surface area contributed by atoms with Crippen molar-refractivity contribution in [1.82, 2.24) is 5.06 Å². The third kappa shape index (κ3) is 7.77. The average molecular weight is 391 g/mol. The number of ether oxygens (including phenoxy) is 2. The topological polar surface area (TPSA) is 71.8 Å². The molecule has 0 heterocycles. The smallest absolute Gasteiger partial charge is 0.277 e. The molecule has 1 aromatic carbocycles. The molecule has 0 saturated carbocycles. The molecule has 1 aromatic rings. The van der Waals surface area contributed by atoms with Gasteiger partial charge in [0.05, 0.1) is 20.3 Å². The number of nitriles is 1. The number of unbranched alkanes of at least 4 members (excludes halogenated alkanes) is 6. The van der Waals surface area contributed by atoms with Gasteiger partial charge in [0.2, 0.25) is 0 Å². The van der Waals surface area contributed by atoms with Crippen LogP contribution < -0.4 is 9.47 Å². The summed E-state index contributed by atoms with van der Waals surface area (Å²) in [4.78, 5) is 17.5. The Balaban J connectivity index is 3.00. The molecule has 0 aliphatic rings. The van der Waals surface area contributed by atoms with E-state index in [1.807, 2.05) is 0 Å². The minimum Gasteiger partial charge on any atom is -0.492 e. The second-order valence-corrected chi connectivity index (χ2v) is 6.76. The molecule has 0 aromatic heterocycles. The number of carbonyl (C=O) groups excluding carboxylic acids is 1. The third-order valence-corrected chi connectivity index (χ3v) is 4.50. The van der Waals surface area contributed by atoms with Crippen molar-refractivity contribution < 1.29 is 19.1 Å². The van der Waals surface area contributed by atoms with E-state index in [0.717, 1.165) is 56.4 Å². The first-order valence-electron chi connectivity index (χ1n) is 10.2. The van der Waals surface area contributed by atoms with Crippen LogP contribution >= 0.6 is 0 Å². The predicted octanol–water partition coefficient (Wildman–Crippen LogP) is 5.11. The molecule has 0 spiro atoms. The molecule has 6 nitrogen and oxygen atoms in total. The Bertz CT molecular complexity index is 605. The Hall–Kier alpha value is -2.26. The minimum atomic E-state index is -0.321. The molecular weight excluding hydrogens is 356 g/mol. The van der Waals surface area contributed by atoms with Crippen LogP contribution in [0, 0.1) is 11.3 Å². The van der Waals surface area contributed by atoms with Gasteiger partial charge in [-0.2, -0.15) is 5.26 Å². The SMILES string of the molecule is CCCCCCOc1cc(C(=O)N(C)OC)cc(OCCCCCC)c1C#N. The Labute approximate surface area is 169 Å². The maximum absolute atomic E-state index is 12.5. The van der Waals surface area contributed by atoms with Crippen LogP contribution in [0.2, 0.25) is 0 Å². The van der Waals surface area contributed by atoms with Crippen molar-refractivity contribution >= 4 is 5.91 Å². The van der Waals surface area contributed by atoms with E-state index in [9.17, 15) is 10.1 Å². The van der Waals surface area contributed by atoms with E-state index in [-0.39, 0.29) is 5.91 Å². The van der Waals surface area contributed by atoms with Crippen LogP contribution in [-0.2, 0) is 4.84 Å². The highest BCUT2D eigenvalue weighted by Crippen LogP contribution is 2.31. The summed E-state index contributed by atoms with van der Waals surface area (Å²) in [5.41, 5.74) is 0.707. The van der Waals surface area contributed by atoms with Gasteiger partial charge in [-0.3, -0.25) is 9.63 Å². The monoisotopic (exact) mass is 390 g/mol. The summed E-state index contributed by atoms with van der Waals surface area (Å²) < 4.78 is 11.7. The highest BCUT2D eigenvalue weighted by molar-refractivity contribution is 5.94. The van der Waals surface area contributed by atoms with E-state index in [4.69, 9.17) is 14.3 Å². The fraction of sp³-hybridized carbons (Fsp3) is 0.636. The fourth-order valence-corrected chi connectivity index (χ4v) is 2.74. The minimum absolute atomic E-state index is 0.321. The quantitative estimate of drug-likeness (QED) is 0.326. The van der Waals surface area contributed by atoms with Gasteiger partial charge in [0.25, 0.3) is 5.91 Å². The number of rotatable bonds is 14.